The molecule has 0 atom stereocenters. The van der Waals surface area contributed by atoms with Gasteiger partial charge in [0.05, 0.1) is 22.8 Å². The summed E-state index contributed by atoms with van der Waals surface area (Å²) in [7, 11) is 0. The van der Waals surface area contributed by atoms with Crippen LogP contribution in [0.5, 0.6) is 0 Å². The molecule has 0 aliphatic rings. The third-order valence-electron chi connectivity index (χ3n) is 3.49. The summed E-state index contributed by atoms with van der Waals surface area (Å²) in [5, 5.41) is 8.60. The number of nitrogens with zero attached hydrogens (tertiary/aromatic N) is 10. The van der Waals surface area contributed by atoms with Gasteiger partial charge in [0.25, 0.3) is 0 Å². The third-order valence-corrected chi connectivity index (χ3v) is 3.49. The van der Waals surface area contributed by atoms with Gasteiger partial charge in [-0.05, 0) is 50.2 Å². The van der Waals surface area contributed by atoms with Gasteiger partial charge in [0.2, 0.25) is 0 Å². The van der Waals surface area contributed by atoms with Crippen LogP contribution in [0, 0.1) is 13.8 Å². The molecule has 2 heterocycles. The van der Waals surface area contributed by atoms with E-state index in [1.807, 2.05) is 108 Å². The van der Waals surface area contributed by atoms with Crippen LogP contribution >= 0.6 is 0 Å². The van der Waals surface area contributed by atoms with Crippen molar-refractivity contribution in [2.45, 2.75) is 13.8 Å². The molecule has 11 heteroatoms. The van der Waals surface area contributed by atoms with Gasteiger partial charge in [-0.25, -0.2) is 9.36 Å². The number of hydrogen-bond donors (Lipinski definition) is 0. The van der Waals surface area contributed by atoms with Crippen molar-refractivity contribution in [2.75, 3.05) is 0 Å². The van der Waals surface area contributed by atoms with Gasteiger partial charge in [-0.1, -0.05) is 36.4 Å². The summed E-state index contributed by atoms with van der Waals surface area (Å²) in [6, 6.07) is 24.1. The SMILES string of the molecule is Cc1ccn(-c2ccccc2)n1.Cc1ccn(-c2ccccc2)n1.[N-]=[N+]=[N-].[N-]=[N+]=[N-].[Pd+2]. The second-order valence-corrected chi connectivity index (χ2v) is 5.65. The summed E-state index contributed by atoms with van der Waals surface area (Å²) in [5.74, 6) is 0. The van der Waals surface area contributed by atoms with E-state index in [1.54, 1.807) is 0 Å². The minimum Gasteiger partial charge on any atom is -0.373 e. The van der Waals surface area contributed by atoms with Crippen molar-refractivity contribution < 1.29 is 20.4 Å². The van der Waals surface area contributed by atoms with Crippen LogP contribution in [0.4, 0.5) is 0 Å². The van der Waals surface area contributed by atoms with Crippen molar-refractivity contribution in [3.8, 4) is 11.4 Å². The molecular formula is C20H20N10Pd. The fourth-order valence-electron chi connectivity index (χ4n) is 2.28. The van der Waals surface area contributed by atoms with E-state index in [2.05, 4.69) is 10.2 Å². The van der Waals surface area contributed by atoms with E-state index >= 15 is 0 Å². The summed E-state index contributed by atoms with van der Waals surface area (Å²) < 4.78 is 3.74. The summed E-state index contributed by atoms with van der Waals surface area (Å²) in [6.07, 6.45) is 3.93. The zero-order valence-corrected chi connectivity index (χ0v) is 18.4. The number of hydrogen-bond acceptors (Lipinski definition) is 2. The van der Waals surface area contributed by atoms with Crippen molar-refractivity contribution in [2.24, 2.45) is 0 Å². The third kappa shape index (κ3) is 10.5. The number of benzene rings is 2. The van der Waals surface area contributed by atoms with Gasteiger partial charge in [0, 0.05) is 12.4 Å². The Balaban J connectivity index is 0.000000453. The normalized spacial score (nSPS) is 8.32. The fraction of sp³-hybridized carbons (Fsp3) is 0.100. The molecule has 0 unspecified atom stereocenters. The molecule has 0 aliphatic heterocycles. The van der Waals surface area contributed by atoms with Gasteiger partial charge >= 0.3 is 20.4 Å². The molecule has 160 valence electrons. The Bertz CT molecular complexity index is 974. The summed E-state index contributed by atoms with van der Waals surface area (Å²) in [5.41, 5.74) is 31.3. The minimum atomic E-state index is 0. The Labute approximate surface area is 193 Å². The number of para-hydroxylation sites is 2. The van der Waals surface area contributed by atoms with Gasteiger partial charge in [-0.15, -0.1) is 0 Å². The molecule has 0 radical (unpaired) electrons. The maximum absolute atomic E-state index is 6.75. The van der Waals surface area contributed by atoms with Crippen LogP contribution in [0.15, 0.2) is 85.2 Å². The van der Waals surface area contributed by atoms with Crippen molar-refractivity contribution >= 4 is 0 Å². The Morgan fingerprint density at radius 2 is 0.871 bits per heavy atom. The molecule has 4 aromatic rings. The summed E-state index contributed by atoms with van der Waals surface area (Å²) >= 11 is 0. The van der Waals surface area contributed by atoms with Gasteiger partial charge in [-0.3, -0.25) is 9.82 Å². The first-order valence-corrected chi connectivity index (χ1v) is 8.68. The molecule has 0 bridgehead atoms. The Hall–Kier alpha value is -3.86. The fourth-order valence-corrected chi connectivity index (χ4v) is 2.28. The first-order chi connectivity index (χ1) is 14.5. The average Bonchev–Trinajstić information content (AvgIpc) is 3.39. The van der Waals surface area contributed by atoms with E-state index in [-0.39, 0.29) is 20.4 Å². The topological polar surface area (TPSA) is 153 Å². The zero-order valence-electron chi connectivity index (χ0n) is 16.9. The molecule has 31 heavy (non-hydrogen) atoms. The first kappa shape index (κ1) is 27.1. The van der Waals surface area contributed by atoms with Crippen LogP contribution < -0.4 is 0 Å². The molecule has 0 fully saturated rings. The molecule has 0 amide bonds. The first-order valence-electron chi connectivity index (χ1n) is 8.68. The van der Waals surface area contributed by atoms with Gasteiger partial charge in [0.1, 0.15) is 0 Å². The molecule has 0 saturated carbocycles. The zero-order chi connectivity index (χ0) is 22.2. The number of rotatable bonds is 2. The van der Waals surface area contributed by atoms with Crippen LogP contribution in [0.1, 0.15) is 11.4 Å². The number of aryl methyl sites for hydroxylation is 2. The van der Waals surface area contributed by atoms with Crippen LogP contribution in [0.2, 0.25) is 0 Å². The monoisotopic (exact) mass is 506 g/mol. The minimum absolute atomic E-state index is 0. The van der Waals surface area contributed by atoms with E-state index in [9.17, 15) is 0 Å². The van der Waals surface area contributed by atoms with Crippen molar-refractivity contribution in [3.05, 3.63) is 129 Å². The van der Waals surface area contributed by atoms with E-state index in [0.717, 1.165) is 22.8 Å². The van der Waals surface area contributed by atoms with E-state index in [0.29, 0.717) is 0 Å². The Morgan fingerprint density at radius 1 is 0.581 bits per heavy atom. The molecule has 10 nitrogen and oxygen atoms in total. The maximum Gasteiger partial charge on any atom is 2.00 e. The second kappa shape index (κ2) is 16.0. The maximum atomic E-state index is 6.75. The molecule has 2 aromatic carbocycles. The summed E-state index contributed by atoms with van der Waals surface area (Å²) in [6.45, 7) is 3.97. The Kier molecular flexibility index (Phi) is 14.0. The molecule has 0 N–H and O–H groups in total. The standard InChI is InChI=1S/2C10H10N2.2N3.Pd/c2*1-9-7-8-12(11-9)10-5-3-2-4-6-10;2*1-3-2;/h2*2-8H,1H3;;;/q;;2*-1;+2. The van der Waals surface area contributed by atoms with Crippen molar-refractivity contribution in [1.82, 2.24) is 19.6 Å². The van der Waals surface area contributed by atoms with Gasteiger partial charge in [0.15, 0.2) is 0 Å². The predicted molar refractivity (Wildman–Crippen MR) is 117 cm³/mol. The van der Waals surface area contributed by atoms with Crippen LogP contribution in [-0.2, 0) is 20.4 Å². The summed E-state index contributed by atoms with van der Waals surface area (Å²) in [4.78, 5) is 3.00. The molecular weight excluding hydrogens is 487 g/mol. The van der Waals surface area contributed by atoms with E-state index in [1.165, 1.54) is 9.82 Å². The number of aromatic nitrogens is 4. The van der Waals surface area contributed by atoms with E-state index in [4.69, 9.17) is 22.1 Å². The smallest absolute Gasteiger partial charge is 0.373 e. The van der Waals surface area contributed by atoms with Crippen molar-refractivity contribution in [3.63, 3.8) is 0 Å². The van der Waals surface area contributed by atoms with Crippen LogP contribution in [-0.4, -0.2) is 19.6 Å². The second-order valence-electron chi connectivity index (χ2n) is 5.65. The van der Waals surface area contributed by atoms with E-state index < -0.39 is 0 Å². The van der Waals surface area contributed by atoms with Crippen LogP contribution in [0.25, 0.3) is 43.3 Å². The van der Waals surface area contributed by atoms with Gasteiger partial charge < -0.3 is 22.1 Å². The largest absolute Gasteiger partial charge is 2.00 e. The molecule has 4 rings (SSSR count). The van der Waals surface area contributed by atoms with Crippen molar-refractivity contribution in [1.29, 1.82) is 0 Å². The van der Waals surface area contributed by atoms with Crippen LogP contribution in [0.3, 0.4) is 0 Å². The molecule has 0 saturated heterocycles. The quantitative estimate of drug-likeness (QED) is 0.140. The Morgan fingerprint density at radius 3 is 1.10 bits per heavy atom. The van der Waals surface area contributed by atoms with Gasteiger partial charge in [-0.2, -0.15) is 10.2 Å². The molecule has 0 spiro atoms. The molecule has 0 aliphatic carbocycles. The average molecular weight is 507 g/mol. The predicted octanol–water partition coefficient (Wildman–Crippen LogP) is 6.09. The molecule has 2 aromatic heterocycles.